The fraction of sp³-hybridized carbons (Fsp3) is 0.222. The number of alkyl halides is 1. The molecule has 2 aromatic heterocycles. The van der Waals surface area contributed by atoms with Crippen LogP contribution in [-0.2, 0) is 13.1 Å². The van der Waals surface area contributed by atoms with Crippen LogP contribution >= 0.6 is 0 Å². The highest BCUT2D eigenvalue weighted by molar-refractivity contribution is 5.98. The highest BCUT2D eigenvalue weighted by Crippen LogP contribution is 2.28. The van der Waals surface area contributed by atoms with Gasteiger partial charge < -0.3 is 9.32 Å². The smallest absolute Gasteiger partial charge is 0.256 e. The third-order valence-corrected chi connectivity index (χ3v) is 4.12. The standard InChI is InChI=1S/C18H14F2N4O2/c1-10(19)16-22-23-17(26-16)12-6-14-15(21-7-12)9-24(18(14)25)8-11-3-2-4-13(20)5-11/h2-7,10H,8-9H2,1H3. The van der Waals surface area contributed by atoms with E-state index in [-0.39, 0.29) is 30.1 Å². The molecule has 3 aromatic rings. The van der Waals surface area contributed by atoms with Crippen molar-refractivity contribution in [2.75, 3.05) is 0 Å². The van der Waals surface area contributed by atoms with Gasteiger partial charge in [0.25, 0.3) is 11.8 Å². The average Bonchev–Trinajstić information content (AvgIpc) is 3.21. The van der Waals surface area contributed by atoms with Gasteiger partial charge in [-0.15, -0.1) is 10.2 Å². The molecule has 1 unspecified atom stereocenters. The van der Waals surface area contributed by atoms with E-state index in [1.54, 1.807) is 23.1 Å². The van der Waals surface area contributed by atoms with Crippen LogP contribution in [0, 0.1) is 5.82 Å². The van der Waals surface area contributed by atoms with E-state index in [4.69, 9.17) is 4.42 Å². The number of fused-ring (bicyclic) bond motifs is 1. The zero-order chi connectivity index (χ0) is 18.3. The molecule has 3 heterocycles. The van der Waals surface area contributed by atoms with Gasteiger partial charge in [0.1, 0.15) is 5.82 Å². The molecule has 4 rings (SSSR count). The van der Waals surface area contributed by atoms with Crippen LogP contribution < -0.4 is 0 Å². The topological polar surface area (TPSA) is 72.1 Å². The van der Waals surface area contributed by atoms with Gasteiger partial charge in [0.05, 0.1) is 23.4 Å². The van der Waals surface area contributed by atoms with Crippen LogP contribution in [0.3, 0.4) is 0 Å². The summed E-state index contributed by atoms with van der Waals surface area (Å²) in [4.78, 5) is 18.5. The van der Waals surface area contributed by atoms with Crippen LogP contribution in [0.1, 0.15) is 40.6 Å². The SMILES string of the molecule is CC(F)c1nnc(-c2cnc3c(c2)C(=O)N(Cc2cccc(F)c2)C3)o1. The second kappa shape index (κ2) is 6.29. The first-order valence-corrected chi connectivity index (χ1v) is 8.02. The van der Waals surface area contributed by atoms with Crippen molar-refractivity contribution in [3.63, 3.8) is 0 Å². The molecule has 0 N–H and O–H groups in total. The lowest BCUT2D eigenvalue weighted by Gasteiger charge is -2.15. The van der Waals surface area contributed by atoms with Gasteiger partial charge in [0.2, 0.25) is 5.89 Å². The largest absolute Gasteiger partial charge is 0.417 e. The molecule has 1 amide bonds. The number of carbonyl (C=O) groups is 1. The molecule has 1 atom stereocenters. The number of amides is 1. The molecular formula is C18H14F2N4O2. The molecule has 1 aliphatic heterocycles. The van der Waals surface area contributed by atoms with Gasteiger partial charge in [-0.25, -0.2) is 8.78 Å². The second-order valence-corrected chi connectivity index (χ2v) is 6.07. The van der Waals surface area contributed by atoms with Gasteiger partial charge in [0.15, 0.2) is 6.17 Å². The summed E-state index contributed by atoms with van der Waals surface area (Å²) in [6.45, 7) is 1.92. The zero-order valence-electron chi connectivity index (χ0n) is 13.8. The maximum Gasteiger partial charge on any atom is 0.256 e. The summed E-state index contributed by atoms with van der Waals surface area (Å²) in [6, 6.07) is 7.72. The Kier molecular flexibility index (Phi) is 3.95. The molecule has 6 nitrogen and oxygen atoms in total. The zero-order valence-corrected chi connectivity index (χ0v) is 13.8. The van der Waals surface area contributed by atoms with Crippen molar-refractivity contribution >= 4 is 5.91 Å². The molecule has 8 heteroatoms. The van der Waals surface area contributed by atoms with Crippen molar-refractivity contribution in [2.24, 2.45) is 0 Å². The van der Waals surface area contributed by atoms with Gasteiger partial charge >= 0.3 is 0 Å². The maximum atomic E-state index is 13.3. The molecule has 26 heavy (non-hydrogen) atoms. The quantitative estimate of drug-likeness (QED) is 0.716. The van der Waals surface area contributed by atoms with E-state index in [9.17, 15) is 13.6 Å². The number of pyridine rings is 1. The molecule has 0 fully saturated rings. The van der Waals surface area contributed by atoms with Crippen molar-refractivity contribution in [1.82, 2.24) is 20.1 Å². The van der Waals surface area contributed by atoms with Gasteiger partial charge in [0, 0.05) is 12.7 Å². The van der Waals surface area contributed by atoms with Crippen LogP contribution in [-0.4, -0.2) is 26.0 Å². The summed E-state index contributed by atoms with van der Waals surface area (Å²) >= 11 is 0. The van der Waals surface area contributed by atoms with E-state index < -0.39 is 6.17 Å². The Bertz CT molecular complexity index is 987. The van der Waals surface area contributed by atoms with Crippen LogP contribution in [0.25, 0.3) is 11.5 Å². The number of rotatable bonds is 4. The molecule has 1 aliphatic rings. The first kappa shape index (κ1) is 16.3. The minimum Gasteiger partial charge on any atom is -0.417 e. The van der Waals surface area contributed by atoms with Crippen molar-refractivity contribution in [2.45, 2.75) is 26.2 Å². The second-order valence-electron chi connectivity index (χ2n) is 6.07. The lowest BCUT2D eigenvalue weighted by Crippen LogP contribution is -2.23. The fourth-order valence-corrected chi connectivity index (χ4v) is 2.84. The van der Waals surface area contributed by atoms with Gasteiger partial charge in [-0.3, -0.25) is 9.78 Å². The Labute approximate surface area is 147 Å². The van der Waals surface area contributed by atoms with Gasteiger partial charge in [-0.1, -0.05) is 12.1 Å². The Morgan fingerprint density at radius 3 is 2.88 bits per heavy atom. The van der Waals surface area contributed by atoms with E-state index in [2.05, 4.69) is 15.2 Å². The predicted molar refractivity (Wildman–Crippen MR) is 87.0 cm³/mol. The highest BCUT2D eigenvalue weighted by atomic mass is 19.1. The number of nitrogens with zero attached hydrogens (tertiary/aromatic N) is 4. The first-order valence-electron chi connectivity index (χ1n) is 8.02. The normalized spacial score (nSPS) is 14.6. The van der Waals surface area contributed by atoms with Crippen molar-refractivity contribution in [3.8, 4) is 11.5 Å². The van der Waals surface area contributed by atoms with Crippen molar-refractivity contribution in [3.05, 3.63) is 65.1 Å². The first-order chi connectivity index (χ1) is 12.5. The van der Waals surface area contributed by atoms with Crippen molar-refractivity contribution in [1.29, 1.82) is 0 Å². The van der Waals surface area contributed by atoms with E-state index in [0.717, 1.165) is 0 Å². The third-order valence-electron chi connectivity index (χ3n) is 4.12. The number of carbonyl (C=O) groups excluding carboxylic acids is 1. The summed E-state index contributed by atoms with van der Waals surface area (Å²) in [5.74, 6) is -0.575. The Morgan fingerprint density at radius 2 is 2.15 bits per heavy atom. The summed E-state index contributed by atoms with van der Waals surface area (Å²) in [5.41, 5.74) is 2.19. The van der Waals surface area contributed by atoms with Crippen LogP contribution in [0.15, 0.2) is 40.9 Å². The number of aromatic nitrogens is 3. The van der Waals surface area contributed by atoms with E-state index in [1.807, 2.05) is 0 Å². The molecule has 0 saturated carbocycles. The minimum atomic E-state index is -1.37. The fourth-order valence-electron chi connectivity index (χ4n) is 2.84. The lowest BCUT2D eigenvalue weighted by molar-refractivity contribution is 0.0766. The number of halogens is 2. The average molecular weight is 356 g/mol. The molecule has 0 aliphatic carbocycles. The summed E-state index contributed by atoms with van der Waals surface area (Å²) < 4.78 is 31.8. The lowest BCUT2D eigenvalue weighted by atomic mass is 10.1. The Balaban J connectivity index is 1.58. The number of hydrogen-bond donors (Lipinski definition) is 0. The summed E-state index contributed by atoms with van der Waals surface area (Å²) in [7, 11) is 0. The molecule has 0 spiro atoms. The molecule has 0 bridgehead atoms. The van der Waals surface area contributed by atoms with Crippen LogP contribution in [0.5, 0.6) is 0 Å². The number of hydrogen-bond acceptors (Lipinski definition) is 5. The molecule has 0 radical (unpaired) electrons. The maximum absolute atomic E-state index is 13.3. The highest BCUT2D eigenvalue weighted by Gasteiger charge is 2.29. The minimum absolute atomic E-state index is 0.108. The van der Waals surface area contributed by atoms with E-state index >= 15 is 0 Å². The van der Waals surface area contributed by atoms with Gasteiger partial charge in [-0.2, -0.15) is 0 Å². The Hall–Kier alpha value is -3.16. The van der Waals surface area contributed by atoms with E-state index in [1.165, 1.54) is 25.3 Å². The number of benzene rings is 1. The summed E-state index contributed by atoms with van der Waals surface area (Å²) in [6.07, 6.45) is 0.139. The summed E-state index contributed by atoms with van der Waals surface area (Å²) in [5, 5.41) is 7.42. The van der Waals surface area contributed by atoms with Gasteiger partial charge in [-0.05, 0) is 30.7 Å². The predicted octanol–water partition coefficient (Wildman–Crippen LogP) is 3.46. The molecule has 0 saturated heterocycles. The molecule has 1 aromatic carbocycles. The van der Waals surface area contributed by atoms with Crippen molar-refractivity contribution < 1.29 is 18.0 Å². The Morgan fingerprint density at radius 1 is 1.31 bits per heavy atom. The monoisotopic (exact) mass is 356 g/mol. The molecular weight excluding hydrogens is 342 g/mol. The third kappa shape index (κ3) is 2.94. The molecule has 132 valence electrons. The van der Waals surface area contributed by atoms with Crippen LogP contribution in [0.4, 0.5) is 8.78 Å². The van der Waals surface area contributed by atoms with E-state index in [0.29, 0.717) is 28.9 Å². The van der Waals surface area contributed by atoms with Crippen LogP contribution in [0.2, 0.25) is 0 Å².